The summed E-state index contributed by atoms with van der Waals surface area (Å²) in [7, 11) is 0. The van der Waals surface area contributed by atoms with Crippen LogP contribution in [0.2, 0.25) is 0 Å². The highest BCUT2D eigenvalue weighted by atomic mass is 16.4. The molecule has 6 nitrogen and oxygen atoms in total. The molecule has 1 saturated heterocycles. The van der Waals surface area contributed by atoms with E-state index in [1.54, 1.807) is 12.1 Å². The van der Waals surface area contributed by atoms with Gasteiger partial charge in [0.05, 0.1) is 11.0 Å². The molecule has 2 amide bonds. The number of nitrogens with zero attached hydrogens (tertiary/aromatic N) is 2. The van der Waals surface area contributed by atoms with Crippen LogP contribution in [0.4, 0.5) is 0 Å². The Labute approximate surface area is 261 Å². The van der Waals surface area contributed by atoms with Crippen LogP contribution in [0.25, 0.3) is 5.57 Å². The summed E-state index contributed by atoms with van der Waals surface area (Å²) in [5.41, 5.74) is 3.71. The number of hydrogen-bond donors (Lipinski definition) is 1. The van der Waals surface area contributed by atoms with E-state index in [9.17, 15) is 19.5 Å². The Balaban J connectivity index is 1.36. The molecule has 2 aromatic rings. The number of carboxylic acids is 1. The Kier molecular flexibility index (Phi) is 8.88. The number of carbonyl (C=O) groups is 3. The highest BCUT2D eigenvalue weighted by Gasteiger charge is 2.50. The van der Waals surface area contributed by atoms with Crippen molar-refractivity contribution in [2.75, 3.05) is 26.2 Å². The first-order valence-corrected chi connectivity index (χ1v) is 15.8. The van der Waals surface area contributed by atoms with Crippen LogP contribution in [0, 0.1) is 23.2 Å². The number of amides is 2. The van der Waals surface area contributed by atoms with Crippen LogP contribution in [-0.2, 0) is 15.0 Å². The molecule has 0 saturated carbocycles. The Morgan fingerprint density at radius 1 is 0.909 bits per heavy atom. The van der Waals surface area contributed by atoms with Gasteiger partial charge in [0.2, 0.25) is 11.8 Å². The molecule has 0 aromatic heterocycles. The summed E-state index contributed by atoms with van der Waals surface area (Å²) >= 11 is 0. The van der Waals surface area contributed by atoms with Gasteiger partial charge in [0.25, 0.3) is 0 Å². The van der Waals surface area contributed by atoms with Crippen LogP contribution in [0.1, 0.15) is 87.2 Å². The molecule has 2 aliphatic heterocycles. The molecule has 1 fully saturated rings. The minimum absolute atomic E-state index is 0.151. The summed E-state index contributed by atoms with van der Waals surface area (Å²) in [6.07, 6.45) is 14.8. The lowest BCUT2D eigenvalue weighted by Gasteiger charge is -2.52. The second-order valence-corrected chi connectivity index (χ2v) is 13.4. The number of allylic oxidation sites excluding steroid dienone is 2. The van der Waals surface area contributed by atoms with Gasteiger partial charge in [-0.25, -0.2) is 4.79 Å². The number of fused-ring (bicyclic) bond motifs is 1. The molecule has 0 bridgehead atoms. The zero-order chi connectivity index (χ0) is 31.5. The molecule has 0 unspecified atom stereocenters. The lowest BCUT2D eigenvalue weighted by atomic mass is 9.58. The average molecular weight is 593 g/mol. The van der Waals surface area contributed by atoms with Gasteiger partial charge in [0.1, 0.15) is 0 Å². The van der Waals surface area contributed by atoms with Crippen molar-refractivity contribution < 1.29 is 19.5 Å². The largest absolute Gasteiger partial charge is 0.478 e. The number of hydrogen-bond acceptors (Lipinski definition) is 3. The molecule has 2 aromatic carbocycles. The first-order valence-electron chi connectivity index (χ1n) is 15.8. The molecule has 2 heterocycles. The van der Waals surface area contributed by atoms with Crippen LogP contribution in [0.3, 0.4) is 0 Å². The fourth-order valence-electron chi connectivity index (χ4n) is 7.84. The zero-order valence-corrected chi connectivity index (χ0v) is 26.3. The van der Waals surface area contributed by atoms with Crippen LogP contribution in [-0.4, -0.2) is 58.9 Å². The highest BCUT2D eigenvalue weighted by molar-refractivity contribution is 5.90. The quantitative estimate of drug-likeness (QED) is 0.210. The fourth-order valence-corrected chi connectivity index (χ4v) is 7.84. The smallest absolute Gasteiger partial charge is 0.335 e. The van der Waals surface area contributed by atoms with Gasteiger partial charge >= 0.3 is 5.97 Å². The highest BCUT2D eigenvalue weighted by Crippen LogP contribution is 2.55. The Bertz CT molecular complexity index is 1500. The summed E-state index contributed by atoms with van der Waals surface area (Å²) in [4.78, 5) is 43.0. The Morgan fingerprint density at radius 2 is 1.59 bits per heavy atom. The predicted octanol–water partition coefficient (Wildman–Crippen LogP) is 6.73. The fraction of sp³-hybridized carbons (Fsp3) is 0.447. The van der Waals surface area contributed by atoms with Crippen molar-refractivity contribution >= 4 is 23.4 Å². The number of carboxylic acid groups (broad SMARTS) is 1. The number of rotatable bonds is 8. The summed E-state index contributed by atoms with van der Waals surface area (Å²) in [5, 5.41) is 9.34. The lowest BCUT2D eigenvalue weighted by molar-refractivity contribution is -0.144. The van der Waals surface area contributed by atoms with E-state index in [0.29, 0.717) is 51.9 Å². The minimum atomic E-state index is -0.928. The van der Waals surface area contributed by atoms with Crippen molar-refractivity contribution in [3.63, 3.8) is 0 Å². The van der Waals surface area contributed by atoms with E-state index in [0.717, 1.165) is 30.4 Å². The van der Waals surface area contributed by atoms with Crippen molar-refractivity contribution in [2.24, 2.45) is 10.8 Å². The molecule has 1 N–H and O–H groups in total. The van der Waals surface area contributed by atoms with Crippen LogP contribution >= 0.6 is 0 Å². The molecule has 1 atom stereocenters. The standard InChI is InChI=1S/C38H44N2O4/c1-5-6-7-11-14-33(41)39-25-22-38(23-26-39,30-12-9-8-10-13-30)35(44)40-24-20-32-36(2,3)31(19-21-37(32,4)27-40)28-15-17-29(18-16-28)34(42)43/h1,8-10,12-13,15-20H,6-7,11,14,21-27H2,2-4H3,(H,42,43)/t37-/m1/s1. The molecule has 230 valence electrons. The molecular formula is C38H44N2O4. The van der Waals surface area contributed by atoms with E-state index in [2.05, 4.69) is 51.0 Å². The molecule has 3 aliphatic rings. The molecule has 0 radical (unpaired) electrons. The SMILES string of the molecule is C#CCCCCC(=O)N1CCC(C(=O)N2CC=C3C(C)(C)C(c4ccc(C(=O)O)cc4)=CC[C@]3(C)C2)(c2ccccc2)CC1. The summed E-state index contributed by atoms with van der Waals surface area (Å²) in [6.45, 7) is 9.05. The number of unbranched alkanes of at least 4 members (excludes halogenated alkanes) is 2. The third kappa shape index (κ3) is 5.85. The maximum absolute atomic E-state index is 14.7. The topological polar surface area (TPSA) is 77.9 Å². The van der Waals surface area contributed by atoms with Gasteiger partial charge in [-0.3, -0.25) is 9.59 Å². The van der Waals surface area contributed by atoms with Crippen molar-refractivity contribution in [3.8, 4) is 12.3 Å². The van der Waals surface area contributed by atoms with Crippen molar-refractivity contribution in [3.05, 3.63) is 89.0 Å². The predicted molar refractivity (Wildman–Crippen MR) is 174 cm³/mol. The Morgan fingerprint density at radius 3 is 2.23 bits per heavy atom. The first kappa shape index (κ1) is 31.3. The van der Waals surface area contributed by atoms with E-state index in [1.165, 1.54) is 11.1 Å². The van der Waals surface area contributed by atoms with Gasteiger partial charge in [-0.05, 0) is 60.9 Å². The van der Waals surface area contributed by atoms with E-state index >= 15 is 0 Å². The van der Waals surface area contributed by atoms with Gasteiger partial charge in [-0.15, -0.1) is 12.3 Å². The molecule has 1 aliphatic carbocycles. The third-order valence-electron chi connectivity index (χ3n) is 10.2. The minimum Gasteiger partial charge on any atom is -0.478 e. The van der Waals surface area contributed by atoms with E-state index in [1.807, 2.05) is 40.1 Å². The summed E-state index contributed by atoms with van der Waals surface area (Å²) < 4.78 is 0. The van der Waals surface area contributed by atoms with E-state index in [4.69, 9.17) is 6.42 Å². The molecule has 5 rings (SSSR count). The maximum atomic E-state index is 14.7. The maximum Gasteiger partial charge on any atom is 0.335 e. The molecular weight excluding hydrogens is 548 g/mol. The number of piperidine rings is 1. The van der Waals surface area contributed by atoms with E-state index < -0.39 is 11.4 Å². The average Bonchev–Trinajstić information content (AvgIpc) is 3.02. The lowest BCUT2D eigenvalue weighted by Crippen LogP contribution is -2.57. The molecule has 6 heteroatoms. The van der Waals surface area contributed by atoms with E-state index in [-0.39, 0.29) is 28.2 Å². The van der Waals surface area contributed by atoms with Crippen LogP contribution in [0.15, 0.2) is 72.3 Å². The van der Waals surface area contributed by atoms with Gasteiger partial charge in [-0.2, -0.15) is 0 Å². The van der Waals surface area contributed by atoms with Crippen molar-refractivity contribution in [1.82, 2.24) is 9.80 Å². The number of benzene rings is 2. The second kappa shape index (κ2) is 12.5. The number of terminal acetylenes is 1. The van der Waals surface area contributed by atoms with Crippen LogP contribution < -0.4 is 0 Å². The van der Waals surface area contributed by atoms with Crippen LogP contribution in [0.5, 0.6) is 0 Å². The normalized spacial score (nSPS) is 22.2. The van der Waals surface area contributed by atoms with Crippen molar-refractivity contribution in [1.29, 1.82) is 0 Å². The van der Waals surface area contributed by atoms with Gasteiger partial charge in [0, 0.05) is 49.9 Å². The monoisotopic (exact) mass is 592 g/mol. The Hall–Kier alpha value is -4.11. The van der Waals surface area contributed by atoms with Gasteiger partial charge in [0.15, 0.2) is 0 Å². The number of likely N-dealkylation sites (tertiary alicyclic amines) is 1. The van der Waals surface area contributed by atoms with Crippen molar-refractivity contribution in [2.45, 2.75) is 71.1 Å². The molecule has 0 spiro atoms. The number of carbonyl (C=O) groups excluding carboxylic acids is 2. The number of aromatic carboxylic acids is 1. The summed E-state index contributed by atoms with van der Waals surface area (Å²) in [6, 6.07) is 17.3. The summed E-state index contributed by atoms with van der Waals surface area (Å²) in [5.74, 6) is 2.02. The first-order chi connectivity index (χ1) is 21.0. The third-order valence-corrected chi connectivity index (χ3v) is 10.2. The zero-order valence-electron chi connectivity index (χ0n) is 26.3. The van der Waals surface area contributed by atoms with Gasteiger partial charge in [-0.1, -0.05) is 81.0 Å². The second-order valence-electron chi connectivity index (χ2n) is 13.4. The molecule has 44 heavy (non-hydrogen) atoms. The van der Waals surface area contributed by atoms with Gasteiger partial charge < -0.3 is 14.9 Å².